The van der Waals surface area contributed by atoms with Crippen molar-refractivity contribution in [2.75, 3.05) is 20.6 Å². The van der Waals surface area contributed by atoms with E-state index in [1.807, 2.05) is 25.9 Å². The summed E-state index contributed by atoms with van der Waals surface area (Å²) >= 11 is 0. The second-order valence-corrected chi connectivity index (χ2v) is 5.94. The summed E-state index contributed by atoms with van der Waals surface area (Å²) in [7, 11) is 4.00. The third-order valence-corrected chi connectivity index (χ3v) is 3.98. The van der Waals surface area contributed by atoms with E-state index in [-0.39, 0.29) is 11.9 Å². The minimum Gasteiger partial charge on any atom is -0.364 e. The Bertz CT molecular complexity index is 689. The zero-order valence-electron chi connectivity index (χ0n) is 13.3. The Morgan fingerprint density at radius 3 is 2.82 bits per heavy atom. The minimum absolute atomic E-state index is 0.0546. The fraction of sp³-hybridized carbons (Fsp3) is 0.571. The second kappa shape index (κ2) is 5.53. The normalized spacial score (nSPS) is 17.9. The van der Waals surface area contributed by atoms with Crippen LogP contribution >= 0.6 is 0 Å². The van der Waals surface area contributed by atoms with Crippen LogP contribution in [0.25, 0.3) is 0 Å². The lowest BCUT2D eigenvalue weighted by Gasteiger charge is -2.37. The van der Waals surface area contributed by atoms with Crippen molar-refractivity contribution in [1.29, 1.82) is 0 Å². The van der Waals surface area contributed by atoms with Gasteiger partial charge in [-0.1, -0.05) is 5.16 Å². The Kier molecular flexibility index (Phi) is 3.69. The molecule has 1 atom stereocenters. The maximum absolute atomic E-state index is 12.8. The summed E-state index contributed by atoms with van der Waals surface area (Å²) in [6.45, 7) is 5.62. The van der Waals surface area contributed by atoms with Crippen LogP contribution in [-0.2, 0) is 13.1 Å². The summed E-state index contributed by atoms with van der Waals surface area (Å²) in [5.74, 6) is 1.62. The van der Waals surface area contributed by atoms with Gasteiger partial charge >= 0.3 is 0 Å². The Labute approximate surface area is 128 Å². The fourth-order valence-corrected chi connectivity index (χ4v) is 2.84. The molecular formula is C14H20N6O2. The maximum atomic E-state index is 12.8. The van der Waals surface area contributed by atoms with Crippen molar-refractivity contribution >= 4 is 5.91 Å². The van der Waals surface area contributed by atoms with Gasteiger partial charge < -0.3 is 18.9 Å². The van der Waals surface area contributed by atoms with Crippen LogP contribution in [0.2, 0.25) is 0 Å². The number of likely N-dealkylation sites (N-methyl/N-ethyl adjacent to an activating group) is 1. The van der Waals surface area contributed by atoms with Crippen LogP contribution in [0.1, 0.15) is 27.7 Å². The van der Waals surface area contributed by atoms with Crippen molar-refractivity contribution in [3.05, 3.63) is 29.2 Å². The van der Waals surface area contributed by atoms with E-state index >= 15 is 0 Å². The number of hydrogen-bond acceptors (Lipinski definition) is 6. The molecule has 0 saturated carbocycles. The average molecular weight is 304 g/mol. The first-order valence-corrected chi connectivity index (χ1v) is 7.22. The van der Waals surface area contributed by atoms with Crippen LogP contribution in [0.15, 0.2) is 10.8 Å². The minimum atomic E-state index is -0.0718. The van der Waals surface area contributed by atoms with Gasteiger partial charge in [0.15, 0.2) is 5.82 Å². The predicted octanol–water partition coefficient (Wildman–Crippen LogP) is 0.469. The summed E-state index contributed by atoms with van der Waals surface area (Å²) in [4.78, 5) is 16.8. The molecule has 2 aromatic rings. The largest absolute Gasteiger partial charge is 0.364 e. The van der Waals surface area contributed by atoms with Crippen molar-refractivity contribution in [2.24, 2.45) is 0 Å². The van der Waals surface area contributed by atoms with Crippen LogP contribution < -0.4 is 0 Å². The van der Waals surface area contributed by atoms with Crippen molar-refractivity contribution in [3.63, 3.8) is 0 Å². The van der Waals surface area contributed by atoms with Crippen LogP contribution in [-0.4, -0.2) is 62.3 Å². The highest BCUT2D eigenvalue weighted by molar-refractivity contribution is 5.95. The molecule has 0 aromatic carbocycles. The molecule has 1 unspecified atom stereocenters. The van der Waals surface area contributed by atoms with Crippen molar-refractivity contribution in [3.8, 4) is 0 Å². The van der Waals surface area contributed by atoms with Crippen LogP contribution in [0.5, 0.6) is 0 Å². The molecule has 0 N–H and O–H groups in total. The van der Waals surface area contributed by atoms with Gasteiger partial charge in [-0.2, -0.15) is 0 Å². The molecule has 1 aliphatic rings. The Morgan fingerprint density at radius 2 is 2.18 bits per heavy atom. The first-order valence-electron chi connectivity index (χ1n) is 7.22. The topological polar surface area (TPSA) is 80.3 Å². The Hall–Kier alpha value is -2.22. The van der Waals surface area contributed by atoms with Gasteiger partial charge in [-0.3, -0.25) is 4.79 Å². The molecule has 22 heavy (non-hydrogen) atoms. The zero-order chi connectivity index (χ0) is 15.9. The Morgan fingerprint density at radius 1 is 1.41 bits per heavy atom. The molecule has 8 heteroatoms. The monoisotopic (exact) mass is 304 g/mol. The molecule has 8 nitrogen and oxygen atoms in total. The second-order valence-electron chi connectivity index (χ2n) is 5.94. The maximum Gasteiger partial charge on any atom is 0.259 e. The van der Waals surface area contributed by atoms with Gasteiger partial charge in [0, 0.05) is 13.1 Å². The number of amides is 1. The third-order valence-electron chi connectivity index (χ3n) is 3.98. The summed E-state index contributed by atoms with van der Waals surface area (Å²) < 4.78 is 6.99. The van der Waals surface area contributed by atoms with E-state index in [9.17, 15) is 4.79 Å². The molecule has 2 aromatic heterocycles. The molecule has 1 aliphatic heterocycles. The van der Waals surface area contributed by atoms with Crippen molar-refractivity contribution in [1.82, 2.24) is 29.7 Å². The highest BCUT2D eigenvalue weighted by atomic mass is 16.5. The van der Waals surface area contributed by atoms with Gasteiger partial charge in [-0.05, 0) is 27.9 Å². The molecule has 0 aliphatic carbocycles. The van der Waals surface area contributed by atoms with Gasteiger partial charge in [0.2, 0.25) is 0 Å². The Balaban J connectivity index is 1.93. The smallest absolute Gasteiger partial charge is 0.259 e. The lowest BCUT2D eigenvalue weighted by atomic mass is 10.1. The fourth-order valence-electron chi connectivity index (χ4n) is 2.84. The van der Waals surface area contributed by atoms with Gasteiger partial charge in [0.05, 0.1) is 18.3 Å². The van der Waals surface area contributed by atoms with E-state index in [1.165, 1.54) is 6.26 Å². The number of rotatable bonds is 3. The van der Waals surface area contributed by atoms with Crippen molar-refractivity contribution in [2.45, 2.75) is 33.0 Å². The first-order chi connectivity index (χ1) is 10.5. The van der Waals surface area contributed by atoms with E-state index in [2.05, 4.69) is 24.8 Å². The van der Waals surface area contributed by atoms with Gasteiger partial charge in [-0.25, -0.2) is 0 Å². The first kappa shape index (κ1) is 14.7. The number of carbonyl (C=O) groups is 1. The van der Waals surface area contributed by atoms with E-state index in [1.54, 1.807) is 6.92 Å². The highest BCUT2D eigenvalue weighted by Gasteiger charge is 2.33. The number of fused-ring (bicyclic) bond motifs is 1. The standard InChI is InChI=1S/C14H20N6O2/c1-9-12(8-22-17-9)14(21)20-7-13-16-15-10(2)19(13)6-11(20)5-18(3)4/h8,11H,5-7H2,1-4H3. The number of aromatic nitrogens is 4. The summed E-state index contributed by atoms with van der Waals surface area (Å²) in [6, 6.07) is 0.0546. The molecule has 0 fully saturated rings. The number of carbonyl (C=O) groups excluding carboxylic acids is 1. The molecule has 3 heterocycles. The molecular weight excluding hydrogens is 284 g/mol. The average Bonchev–Trinajstić information content (AvgIpc) is 3.04. The van der Waals surface area contributed by atoms with E-state index < -0.39 is 0 Å². The van der Waals surface area contributed by atoms with Crippen molar-refractivity contribution < 1.29 is 9.32 Å². The number of hydrogen-bond donors (Lipinski definition) is 0. The molecule has 0 radical (unpaired) electrons. The highest BCUT2D eigenvalue weighted by Crippen LogP contribution is 2.21. The van der Waals surface area contributed by atoms with Crippen LogP contribution in [0.4, 0.5) is 0 Å². The van der Waals surface area contributed by atoms with Gasteiger partial charge in [-0.15, -0.1) is 10.2 Å². The summed E-state index contributed by atoms with van der Waals surface area (Å²) in [5, 5.41) is 12.1. The predicted molar refractivity (Wildman–Crippen MR) is 78.2 cm³/mol. The summed E-state index contributed by atoms with van der Waals surface area (Å²) in [6.07, 6.45) is 1.41. The van der Waals surface area contributed by atoms with E-state index in [0.717, 1.165) is 18.2 Å². The molecule has 0 saturated heterocycles. The molecule has 0 spiro atoms. The third kappa shape index (κ3) is 2.50. The quantitative estimate of drug-likeness (QED) is 0.820. The lowest BCUT2D eigenvalue weighted by Crippen LogP contribution is -2.51. The van der Waals surface area contributed by atoms with Crippen LogP contribution in [0.3, 0.4) is 0 Å². The van der Waals surface area contributed by atoms with Gasteiger partial charge in [0.25, 0.3) is 5.91 Å². The molecule has 0 bridgehead atoms. The van der Waals surface area contributed by atoms with E-state index in [0.29, 0.717) is 24.3 Å². The van der Waals surface area contributed by atoms with E-state index in [4.69, 9.17) is 4.52 Å². The molecule has 118 valence electrons. The molecule has 3 rings (SSSR count). The van der Waals surface area contributed by atoms with Gasteiger partial charge in [0.1, 0.15) is 17.7 Å². The lowest BCUT2D eigenvalue weighted by molar-refractivity contribution is 0.0541. The summed E-state index contributed by atoms with van der Waals surface area (Å²) in [5.41, 5.74) is 1.12. The zero-order valence-corrected chi connectivity index (χ0v) is 13.3. The molecule has 1 amide bonds. The number of nitrogens with zero attached hydrogens (tertiary/aromatic N) is 6. The number of aryl methyl sites for hydroxylation is 2. The van der Waals surface area contributed by atoms with Crippen LogP contribution in [0, 0.1) is 13.8 Å². The SMILES string of the molecule is Cc1nocc1C(=O)N1Cc2nnc(C)n2CC1CN(C)C.